The van der Waals surface area contributed by atoms with Crippen molar-refractivity contribution in [2.75, 3.05) is 19.7 Å². The number of fused-ring (bicyclic) bond motifs is 2. The van der Waals surface area contributed by atoms with E-state index in [9.17, 15) is 14.4 Å². The molecule has 0 atom stereocenters. The lowest BCUT2D eigenvalue weighted by molar-refractivity contribution is -0.152. The molecule has 0 aliphatic carbocycles. The Morgan fingerprint density at radius 2 is 1.38 bits per heavy atom. The van der Waals surface area contributed by atoms with Crippen molar-refractivity contribution in [1.82, 2.24) is 9.47 Å². The Bertz CT molecular complexity index is 1050. The third-order valence-corrected chi connectivity index (χ3v) is 5.48. The summed E-state index contributed by atoms with van der Waals surface area (Å²) in [6, 6.07) is 14.4. The monoisotopic (exact) mass is 392 g/mol. The van der Waals surface area contributed by atoms with Crippen LogP contribution < -0.4 is 5.43 Å². The van der Waals surface area contributed by atoms with Gasteiger partial charge in [-0.05, 0) is 37.1 Å². The van der Waals surface area contributed by atoms with Crippen LogP contribution in [0.3, 0.4) is 0 Å². The highest BCUT2D eigenvalue weighted by Gasteiger charge is 2.18. The quantitative estimate of drug-likeness (QED) is 0.505. The van der Waals surface area contributed by atoms with E-state index in [4.69, 9.17) is 4.74 Å². The number of benzene rings is 2. The molecule has 150 valence electrons. The maximum absolute atomic E-state index is 12.8. The number of pyridine rings is 1. The average molecular weight is 392 g/mol. The molecule has 4 rings (SSSR count). The molecule has 0 N–H and O–H groups in total. The van der Waals surface area contributed by atoms with Crippen molar-refractivity contribution >= 4 is 33.7 Å². The Morgan fingerprint density at radius 1 is 0.828 bits per heavy atom. The van der Waals surface area contributed by atoms with Crippen LogP contribution in [-0.4, -0.2) is 41.0 Å². The van der Waals surface area contributed by atoms with Gasteiger partial charge in [-0.2, -0.15) is 0 Å². The molecule has 0 bridgehead atoms. The number of hydrogen-bond donors (Lipinski definition) is 0. The number of carbonyl (C=O) groups excluding carboxylic acids is 2. The van der Waals surface area contributed by atoms with Gasteiger partial charge in [0.25, 0.3) is 5.91 Å². The first-order chi connectivity index (χ1) is 14.1. The maximum Gasteiger partial charge on any atom is 0.326 e. The molecule has 1 amide bonds. The fourth-order valence-corrected chi connectivity index (χ4v) is 3.98. The minimum absolute atomic E-state index is 0.0582. The molecule has 29 heavy (non-hydrogen) atoms. The van der Waals surface area contributed by atoms with E-state index in [1.807, 2.05) is 24.3 Å². The van der Waals surface area contributed by atoms with Crippen molar-refractivity contribution in [2.24, 2.45) is 0 Å². The maximum atomic E-state index is 12.8. The lowest BCUT2D eigenvalue weighted by Crippen LogP contribution is -2.35. The summed E-state index contributed by atoms with van der Waals surface area (Å²) >= 11 is 0. The van der Waals surface area contributed by atoms with Crippen LogP contribution in [0.5, 0.6) is 0 Å². The second-order valence-corrected chi connectivity index (χ2v) is 7.41. The molecule has 1 saturated heterocycles. The lowest BCUT2D eigenvalue weighted by Gasteiger charge is -2.20. The van der Waals surface area contributed by atoms with Gasteiger partial charge in [-0.15, -0.1) is 0 Å². The first-order valence-electron chi connectivity index (χ1n) is 10.1. The lowest BCUT2D eigenvalue weighted by atomic mass is 10.1. The number of amides is 1. The van der Waals surface area contributed by atoms with E-state index in [2.05, 4.69) is 0 Å². The highest BCUT2D eigenvalue weighted by Crippen LogP contribution is 2.19. The van der Waals surface area contributed by atoms with Gasteiger partial charge in [-0.25, -0.2) is 0 Å². The molecular formula is C23H24N2O4. The highest BCUT2D eigenvalue weighted by atomic mass is 16.5. The number of esters is 1. The third kappa shape index (κ3) is 4.01. The number of hydrogen-bond acceptors (Lipinski definition) is 4. The van der Waals surface area contributed by atoms with Gasteiger partial charge in [0.1, 0.15) is 6.54 Å². The Morgan fingerprint density at radius 3 is 1.97 bits per heavy atom. The number of rotatable bonds is 4. The van der Waals surface area contributed by atoms with E-state index in [-0.39, 0.29) is 24.5 Å². The Labute approximate surface area is 168 Å². The standard InChI is InChI=1S/C23H24N2O4/c26-21(24-13-7-1-2-8-14-24)16-29-22(27)15-25-19-11-5-3-9-17(19)23(28)18-10-4-6-12-20(18)25/h3-6,9-12H,1-2,7-8,13-16H2. The van der Waals surface area contributed by atoms with Crippen LogP contribution >= 0.6 is 0 Å². The second kappa shape index (κ2) is 8.47. The van der Waals surface area contributed by atoms with Crippen molar-refractivity contribution in [3.63, 3.8) is 0 Å². The number of likely N-dealkylation sites (tertiary alicyclic amines) is 1. The van der Waals surface area contributed by atoms with Gasteiger partial charge in [-0.3, -0.25) is 14.4 Å². The second-order valence-electron chi connectivity index (χ2n) is 7.41. The van der Waals surface area contributed by atoms with Gasteiger partial charge < -0.3 is 14.2 Å². The van der Waals surface area contributed by atoms with Crippen molar-refractivity contribution in [3.8, 4) is 0 Å². The minimum atomic E-state index is -0.493. The molecule has 2 heterocycles. The van der Waals surface area contributed by atoms with Gasteiger partial charge in [-0.1, -0.05) is 37.1 Å². The van der Waals surface area contributed by atoms with Crippen LogP contribution in [0.2, 0.25) is 0 Å². The van der Waals surface area contributed by atoms with E-state index in [0.29, 0.717) is 21.8 Å². The molecule has 0 radical (unpaired) electrons. The normalized spacial score (nSPS) is 14.7. The summed E-state index contributed by atoms with van der Waals surface area (Å²) in [6.45, 7) is 1.15. The van der Waals surface area contributed by atoms with Crippen LogP contribution in [0.15, 0.2) is 53.3 Å². The van der Waals surface area contributed by atoms with Crippen molar-refractivity contribution < 1.29 is 14.3 Å². The first kappa shape index (κ1) is 19.2. The van der Waals surface area contributed by atoms with Crippen molar-refractivity contribution in [1.29, 1.82) is 0 Å². The van der Waals surface area contributed by atoms with Crippen LogP contribution in [0, 0.1) is 0 Å². The molecule has 6 heteroatoms. The smallest absolute Gasteiger partial charge is 0.326 e. The molecule has 6 nitrogen and oxygen atoms in total. The molecule has 0 unspecified atom stereocenters. The van der Waals surface area contributed by atoms with E-state index >= 15 is 0 Å². The number of ether oxygens (including phenoxy) is 1. The zero-order valence-electron chi connectivity index (χ0n) is 16.3. The molecule has 3 aromatic rings. The van der Waals surface area contributed by atoms with Crippen LogP contribution in [0.1, 0.15) is 25.7 Å². The summed E-state index contributed by atoms with van der Waals surface area (Å²) in [7, 11) is 0. The summed E-state index contributed by atoms with van der Waals surface area (Å²) in [5.41, 5.74) is 1.29. The number of nitrogens with zero attached hydrogens (tertiary/aromatic N) is 2. The van der Waals surface area contributed by atoms with Gasteiger partial charge in [0.2, 0.25) is 0 Å². The average Bonchev–Trinajstić information content (AvgIpc) is 3.05. The van der Waals surface area contributed by atoms with Crippen molar-refractivity contribution in [3.05, 3.63) is 58.8 Å². The third-order valence-electron chi connectivity index (χ3n) is 5.48. The fraction of sp³-hybridized carbons (Fsp3) is 0.348. The SMILES string of the molecule is O=C(Cn1c2ccccc2c(=O)c2ccccc21)OCC(=O)N1CCCCCC1. The summed E-state index contributed by atoms with van der Waals surface area (Å²) < 4.78 is 7.08. The molecule has 2 aromatic carbocycles. The van der Waals surface area contributed by atoms with Crippen molar-refractivity contribution in [2.45, 2.75) is 32.2 Å². The predicted molar refractivity (Wildman–Crippen MR) is 112 cm³/mol. The Hall–Kier alpha value is -3.15. The summed E-state index contributed by atoms with van der Waals surface area (Å²) in [5, 5.41) is 1.11. The van der Waals surface area contributed by atoms with Crippen LogP contribution in [0.4, 0.5) is 0 Å². The number of carbonyl (C=O) groups is 2. The summed E-state index contributed by atoms with van der Waals surface area (Å²) in [4.78, 5) is 39.5. The molecule has 1 aliphatic heterocycles. The van der Waals surface area contributed by atoms with Gasteiger partial charge >= 0.3 is 5.97 Å². The van der Waals surface area contributed by atoms with E-state index in [0.717, 1.165) is 38.8 Å². The number of para-hydroxylation sites is 2. The molecule has 1 fully saturated rings. The van der Waals surface area contributed by atoms with Gasteiger partial charge in [0.05, 0.1) is 11.0 Å². The molecular weight excluding hydrogens is 368 g/mol. The molecule has 1 aliphatic rings. The predicted octanol–water partition coefficient (Wildman–Crippen LogP) is 3.10. The van der Waals surface area contributed by atoms with E-state index < -0.39 is 5.97 Å². The largest absolute Gasteiger partial charge is 0.454 e. The number of aromatic nitrogens is 1. The van der Waals surface area contributed by atoms with Gasteiger partial charge in [0.15, 0.2) is 12.0 Å². The highest BCUT2D eigenvalue weighted by molar-refractivity contribution is 5.94. The van der Waals surface area contributed by atoms with Crippen LogP contribution in [-0.2, 0) is 20.9 Å². The van der Waals surface area contributed by atoms with Crippen LogP contribution in [0.25, 0.3) is 21.8 Å². The molecule has 0 saturated carbocycles. The molecule has 0 spiro atoms. The van der Waals surface area contributed by atoms with Gasteiger partial charge in [0, 0.05) is 23.9 Å². The zero-order valence-corrected chi connectivity index (χ0v) is 16.3. The minimum Gasteiger partial charge on any atom is -0.454 e. The van der Waals surface area contributed by atoms with E-state index in [1.54, 1.807) is 33.7 Å². The first-order valence-corrected chi connectivity index (χ1v) is 10.1. The Balaban J connectivity index is 1.55. The summed E-state index contributed by atoms with van der Waals surface area (Å²) in [6.07, 6.45) is 4.26. The molecule has 1 aromatic heterocycles. The Kier molecular flexibility index (Phi) is 5.60. The topological polar surface area (TPSA) is 68.6 Å². The summed E-state index contributed by atoms with van der Waals surface area (Å²) in [5.74, 6) is -0.637. The zero-order chi connectivity index (χ0) is 20.2. The fourth-order valence-electron chi connectivity index (χ4n) is 3.98. The van der Waals surface area contributed by atoms with E-state index in [1.165, 1.54) is 0 Å².